The van der Waals surface area contributed by atoms with E-state index in [2.05, 4.69) is 23.8 Å². The van der Waals surface area contributed by atoms with Crippen LogP contribution in [0.15, 0.2) is 12.4 Å². The molecule has 1 N–H and O–H groups in total. The lowest BCUT2D eigenvalue weighted by molar-refractivity contribution is -0.385. The summed E-state index contributed by atoms with van der Waals surface area (Å²) in [5, 5.41) is 24.7. The van der Waals surface area contributed by atoms with Crippen LogP contribution in [0.5, 0.6) is 0 Å². The number of aliphatic hydroxyl groups excluding tert-OH is 1. The first-order chi connectivity index (χ1) is 9.94. The van der Waals surface area contributed by atoms with Crippen molar-refractivity contribution in [3.8, 4) is 0 Å². The van der Waals surface area contributed by atoms with Gasteiger partial charge in [0.2, 0.25) is 0 Å². The van der Waals surface area contributed by atoms with E-state index in [1.165, 1.54) is 23.5 Å². The van der Waals surface area contributed by atoms with Crippen LogP contribution in [0.1, 0.15) is 26.7 Å². The quantitative estimate of drug-likeness (QED) is 0.658. The van der Waals surface area contributed by atoms with Crippen molar-refractivity contribution in [2.24, 2.45) is 11.8 Å². The van der Waals surface area contributed by atoms with Crippen molar-refractivity contribution in [3.05, 3.63) is 22.5 Å². The van der Waals surface area contributed by atoms with Crippen molar-refractivity contribution in [1.82, 2.24) is 14.7 Å². The van der Waals surface area contributed by atoms with E-state index in [1.54, 1.807) is 0 Å². The Morgan fingerprint density at radius 1 is 1.48 bits per heavy atom. The zero-order valence-corrected chi connectivity index (χ0v) is 12.7. The van der Waals surface area contributed by atoms with Crippen LogP contribution in [0.25, 0.3) is 0 Å². The Bertz CT molecular complexity index is 477. The molecule has 1 fully saturated rings. The summed E-state index contributed by atoms with van der Waals surface area (Å²) in [6.45, 7) is 7.40. The number of likely N-dealkylation sites (tertiary alicyclic amines) is 1. The maximum absolute atomic E-state index is 10.6. The van der Waals surface area contributed by atoms with E-state index in [1.807, 2.05) is 0 Å². The lowest BCUT2D eigenvalue weighted by Gasteiger charge is -2.25. The van der Waals surface area contributed by atoms with Gasteiger partial charge in [-0.25, -0.2) is 0 Å². The van der Waals surface area contributed by atoms with E-state index >= 15 is 0 Å². The topological polar surface area (TPSA) is 84.4 Å². The molecule has 118 valence electrons. The zero-order valence-electron chi connectivity index (χ0n) is 12.7. The molecule has 21 heavy (non-hydrogen) atoms. The number of nitrogens with zero attached hydrogens (tertiary/aromatic N) is 4. The Hall–Kier alpha value is -1.47. The van der Waals surface area contributed by atoms with Gasteiger partial charge in [0.1, 0.15) is 12.4 Å². The lowest BCUT2D eigenvalue weighted by Crippen LogP contribution is -2.37. The molecule has 0 radical (unpaired) electrons. The average molecular weight is 296 g/mol. The van der Waals surface area contributed by atoms with Crippen LogP contribution in [0.4, 0.5) is 5.69 Å². The normalized spacial score (nSPS) is 25.5. The number of rotatable bonds is 5. The smallest absolute Gasteiger partial charge is 0.306 e. The van der Waals surface area contributed by atoms with Crippen molar-refractivity contribution >= 4 is 5.69 Å². The van der Waals surface area contributed by atoms with Crippen molar-refractivity contribution < 1.29 is 10.0 Å². The minimum atomic E-state index is -0.565. The molecule has 1 aliphatic rings. The highest BCUT2D eigenvalue weighted by Crippen LogP contribution is 2.21. The second kappa shape index (κ2) is 7.00. The van der Waals surface area contributed by atoms with Gasteiger partial charge in [0.25, 0.3) is 0 Å². The zero-order chi connectivity index (χ0) is 15.4. The average Bonchev–Trinajstić information content (AvgIpc) is 2.77. The molecule has 2 rings (SSSR count). The summed E-state index contributed by atoms with van der Waals surface area (Å²) in [6, 6.07) is 0. The third kappa shape index (κ3) is 4.78. The summed E-state index contributed by atoms with van der Waals surface area (Å²) in [5.41, 5.74) is -0.0422. The fraction of sp³-hybridized carbons (Fsp3) is 0.786. The Balaban J connectivity index is 1.85. The molecule has 3 atom stereocenters. The molecule has 1 aliphatic heterocycles. The van der Waals surface area contributed by atoms with Crippen LogP contribution >= 0.6 is 0 Å². The maximum Gasteiger partial charge on any atom is 0.306 e. The van der Waals surface area contributed by atoms with Crippen LogP contribution < -0.4 is 0 Å². The van der Waals surface area contributed by atoms with Gasteiger partial charge in [-0.3, -0.25) is 14.8 Å². The van der Waals surface area contributed by atoms with E-state index in [9.17, 15) is 15.2 Å². The fourth-order valence-electron chi connectivity index (χ4n) is 3.10. The van der Waals surface area contributed by atoms with Crippen LogP contribution in [0.2, 0.25) is 0 Å². The number of aromatic nitrogens is 2. The highest BCUT2D eigenvalue weighted by atomic mass is 16.6. The molecule has 0 amide bonds. The van der Waals surface area contributed by atoms with Gasteiger partial charge in [-0.05, 0) is 31.2 Å². The van der Waals surface area contributed by atoms with E-state index in [4.69, 9.17) is 0 Å². The summed E-state index contributed by atoms with van der Waals surface area (Å²) < 4.78 is 1.44. The van der Waals surface area contributed by atoms with Crippen molar-refractivity contribution in [2.45, 2.75) is 39.3 Å². The molecule has 0 bridgehead atoms. The van der Waals surface area contributed by atoms with Gasteiger partial charge in [-0.2, -0.15) is 5.10 Å². The first-order valence-corrected chi connectivity index (χ1v) is 7.51. The molecule has 2 heterocycles. The fourth-order valence-corrected chi connectivity index (χ4v) is 3.10. The third-order valence-corrected chi connectivity index (χ3v) is 4.01. The summed E-state index contributed by atoms with van der Waals surface area (Å²) >= 11 is 0. The number of aliphatic hydroxyl groups is 1. The predicted octanol–water partition coefficient (Wildman–Crippen LogP) is 1.52. The molecule has 7 heteroatoms. The monoisotopic (exact) mass is 296 g/mol. The molecule has 0 spiro atoms. The van der Waals surface area contributed by atoms with Gasteiger partial charge in [0, 0.05) is 13.1 Å². The number of hydrogen-bond donors (Lipinski definition) is 1. The third-order valence-electron chi connectivity index (χ3n) is 4.01. The Morgan fingerprint density at radius 3 is 2.90 bits per heavy atom. The van der Waals surface area contributed by atoms with Crippen LogP contribution in [0.3, 0.4) is 0 Å². The highest BCUT2D eigenvalue weighted by molar-refractivity contribution is 5.20. The molecule has 0 aromatic carbocycles. The molecule has 3 unspecified atom stereocenters. The highest BCUT2D eigenvalue weighted by Gasteiger charge is 2.21. The first kappa shape index (κ1) is 15.9. The van der Waals surface area contributed by atoms with Gasteiger partial charge >= 0.3 is 5.69 Å². The number of hydrogen-bond acceptors (Lipinski definition) is 5. The molecule has 0 aliphatic carbocycles. The maximum atomic E-state index is 10.6. The van der Waals surface area contributed by atoms with Crippen LogP contribution in [-0.2, 0) is 6.54 Å². The summed E-state index contributed by atoms with van der Waals surface area (Å²) in [4.78, 5) is 12.4. The Morgan fingerprint density at radius 2 is 2.24 bits per heavy atom. The van der Waals surface area contributed by atoms with E-state index in [0.29, 0.717) is 12.5 Å². The summed E-state index contributed by atoms with van der Waals surface area (Å²) in [6.07, 6.45) is 4.39. The minimum absolute atomic E-state index is 0.0422. The largest absolute Gasteiger partial charge is 0.390 e. The summed E-state index contributed by atoms with van der Waals surface area (Å²) in [5.74, 6) is 1.37. The lowest BCUT2D eigenvalue weighted by atomic mass is 9.97. The standard InChI is InChI=1S/C14H24N4O3/c1-11-3-4-16(7-12(2)5-11)9-14(19)10-17-8-13(6-15-17)18(20)21/h6,8,11-12,14,19H,3-5,7,9-10H2,1-2H3. The molecule has 1 saturated heterocycles. The van der Waals surface area contributed by atoms with Crippen LogP contribution in [-0.4, -0.2) is 50.4 Å². The SMILES string of the molecule is CC1CCN(CC(O)Cn2cc([N+](=O)[O-])cn2)CC(C)C1. The first-order valence-electron chi connectivity index (χ1n) is 7.51. The molecule has 1 aromatic rings. The number of nitro groups is 1. The minimum Gasteiger partial charge on any atom is -0.390 e. The molecular formula is C14H24N4O3. The van der Waals surface area contributed by atoms with E-state index in [0.717, 1.165) is 25.4 Å². The van der Waals surface area contributed by atoms with Crippen LogP contribution in [0, 0.1) is 22.0 Å². The number of β-amino-alcohol motifs (C(OH)–C–C–N with tert-alkyl or cyclic N) is 1. The molecular weight excluding hydrogens is 272 g/mol. The Labute approximate surface area is 124 Å². The second-order valence-electron chi connectivity index (χ2n) is 6.33. The van der Waals surface area contributed by atoms with Gasteiger partial charge in [-0.15, -0.1) is 0 Å². The van der Waals surface area contributed by atoms with Gasteiger partial charge in [0.05, 0.1) is 17.6 Å². The molecule has 7 nitrogen and oxygen atoms in total. The van der Waals surface area contributed by atoms with Gasteiger partial charge in [0.15, 0.2) is 0 Å². The van der Waals surface area contributed by atoms with Crippen molar-refractivity contribution in [2.75, 3.05) is 19.6 Å². The Kier molecular flexibility index (Phi) is 5.30. The van der Waals surface area contributed by atoms with E-state index in [-0.39, 0.29) is 12.2 Å². The second-order valence-corrected chi connectivity index (χ2v) is 6.33. The summed E-state index contributed by atoms with van der Waals surface area (Å²) in [7, 11) is 0. The molecule has 0 saturated carbocycles. The van der Waals surface area contributed by atoms with Gasteiger partial charge < -0.3 is 10.0 Å². The van der Waals surface area contributed by atoms with Gasteiger partial charge in [-0.1, -0.05) is 13.8 Å². The predicted molar refractivity (Wildman–Crippen MR) is 78.9 cm³/mol. The van der Waals surface area contributed by atoms with Crippen molar-refractivity contribution in [3.63, 3.8) is 0 Å². The molecule has 1 aromatic heterocycles. The van der Waals surface area contributed by atoms with Crippen molar-refractivity contribution in [1.29, 1.82) is 0 Å². The van der Waals surface area contributed by atoms with E-state index < -0.39 is 11.0 Å².